The molecule has 1 aromatic heterocycles. The van der Waals surface area contributed by atoms with Crippen molar-refractivity contribution in [2.45, 2.75) is 21.6 Å². The highest BCUT2D eigenvalue weighted by Crippen LogP contribution is 2.39. The molecule has 0 radical (unpaired) electrons. The van der Waals surface area contributed by atoms with Gasteiger partial charge >= 0.3 is 0 Å². The molecule has 0 bridgehead atoms. The molecule has 156 valence electrons. The lowest BCUT2D eigenvalue weighted by Crippen LogP contribution is -2.16. The maximum absolute atomic E-state index is 13.5. The van der Waals surface area contributed by atoms with Gasteiger partial charge in [0.05, 0.1) is 20.4 Å². The molecular formula is C22H17N3O4S2. The molecule has 0 unspecified atom stereocenters. The van der Waals surface area contributed by atoms with E-state index >= 15 is 0 Å². The minimum atomic E-state index is -4.18. The second-order valence-corrected chi connectivity index (χ2v) is 9.50. The number of aryl methyl sites for hydroxylation is 1. The Kier molecular flexibility index (Phi) is 5.62. The molecule has 3 aromatic carbocycles. The third-order valence-electron chi connectivity index (χ3n) is 4.54. The first-order valence-electron chi connectivity index (χ1n) is 9.26. The standard InChI is InChI=1S/C22H17N3O4S2/c1-16-22(30-19-12-6-3-7-13-19)21(17-9-4-2-5-10-17)24(23-16)31(28,29)20-14-8-11-18(15-20)25(26)27/h2-15H,1H3. The van der Waals surface area contributed by atoms with E-state index in [1.807, 2.05) is 60.7 Å². The summed E-state index contributed by atoms with van der Waals surface area (Å²) in [5.74, 6) is 0. The normalized spacial score (nSPS) is 11.4. The molecule has 1 heterocycles. The lowest BCUT2D eigenvalue weighted by atomic mass is 10.1. The molecule has 4 rings (SSSR count). The Bertz CT molecular complexity index is 1350. The molecule has 4 aromatic rings. The van der Waals surface area contributed by atoms with Crippen LogP contribution < -0.4 is 0 Å². The Morgan fingerprint density at radius 3 is 2.23 bits per heavy atom. The van der Waals surface area contributed by atoms with Crippen molar-refractivity contribution in [3.8, 4) is 11.3 Å². The summed E-state index contributed by atoms with van der Waals surface area (Å²) in [4.78, 5) is 12.0. The van der Waals surface area contributed by atoms with E-state index < -0.39 is 14.9 Å². The molecule has 0 N–H and O–H groups in total. The van der Waals surface area contributed by atoms with E-state index in [-0.39, 0.29) is 10.6 Å². The molecule has 0 aliphatic heterocycles. The van der Waals surface area contributed by atoms with Crippen molar-refractivity contribution in [3.63, 3.8) is 0 Å². The number of benzene rings is 3. The molecule has 0 aliphatic rings. The Labute approximate surface area is 183 Å². The van der Waals surface area contributed by atoms with Crippen LogP contribution in [0.3, 0.4) is 0 Å². The average molecular weight is 452 g/mol. The molecule has 0 saturated carbocycles. The molecule has 0 aliphatic carbocycles. The Morgan fingerprint density at radius 2 is 1.58 bits per heavy atom. The van der Waals surface area contributed by atoms with E-state index in [1.54, 1.807) is 6.92 Å². The zero-order chi connectivity index (χ0) is 22.0. The van der Waals surface area contributed by atoms with Gasteiger partial charge in [0, 0.05) is 22.6 Å². The van der Waals surface area contributed by atoms with E-state index in [4.69, 9.17) is 0 Å². The molecular weight excluding hydrogens is 434 g/mol. The summed E-state index contributed by atoms with van der Waals surface area (Å²) in [6.07, 6.45) is 0. The third-order valence-corrected chi connectivity index (χ3v) is 7.31. The maximum atomic E-state index is 13.5. The van der Waals surface area contributed by atoms with Gasteiger partial charge in [-0.25, -0.2) is 0 Å². The van der Waals surface area contributed by atoms with Crippen molar-refractivity contribution >= 4 is 27.5 Å². The number of nitro groups is 1. The molecule has 0 fully saturated rings. The van der Waals surface area contributed by atoms with Crippen LogP contribution in [-0.2, 0) is 10.0 Å². The van der Waals surface area contributed by atoms with Crippen molar-refractivity contribution in [1.29, 1.82) is 0 Å². The van der Waals surface area contributed by atoms with E-state index in [1.165, 1.54) is 30.0 Å². The van der Waals surface area contributed by atoms with Crippen LogP contribution in [-0.4, -0.2) is 22.5 Å². The van der Waals surface area contributed by atoms with Gasteiger partial charge in [-0.05, 0) is 25.1 Å². The number of nitrogens with zero attached hydrogens (tertiary/aromatic N) is 3. The predicted molar refractivity (Wildman–Crippen MR) is 119 cm³/mol. The van der Waals surface area contributed by atoms with Crippen LogP contribution in [0.25, 0.3) is 11.3 Å². The Hall–Kier alpha value is -3.43. The summed E-state index contributed by atoms with van der Waals surface area (Å²) in [5, 5.41) is 15.5. The van der Waals surface area contributed by atoms with Gasteiger partial charge in [0.2, 0.25) is 0 Å². The number of aromatic nitrogens is 2. The van der Waals surface area contributed by atoms with Gasteiger partial charge in [-0.15, -0.1) is 0 Å². The zero-order valence-electron chi connectivity index (χ0n) is 16.4. The van der Waals surface area contributed by atoms with Crippen molar-refractivity contribution in [2.75, 3.05) is 0 Å². The fourth-order valence-corrected chi connectivity index (χ4v) is 5.55. The summed E-state index contributed by atoms with van der Waals surface area (Å²) in [6.45, 7) is 1.75. The lowest BCUT2D eigenvalue weighted by Gasteiger charge is -2.11. The van der Waals surface area contributed by atoms with Crippen LogP contribution in [0.2, 0.25) is 0 Å². The monoisotopic (exact) mass is 451 g/mol. The lowest BCUT2D eigenvalue weighted by molar-refractivity contribution is -0.385. The van der Waals surface area contributed by atoms with Crippen LogP contribution in [0.1, 0.15) is 5.69 Å². The van der Waals surface area contributed by atoms with Gasteiger partial charge in [0.1, 0.15) is 5.69 Å². The summed E-state index contributed by atoms with van der Waals surface area (Å²) < 4.78 is 28.0. The topological polar surface area (TPSA) is 95.1 Å². The minimum Gasteiger partial charge on any atom is -0.258 e. The van der Waals surface area contributed by atoms with E-state index in [0.29, 0.717) is 21.8 Å². The van der Waals surface area contributed by atoms with Crippen LogP contribution in [0.15, 0.2) is 99.6 Å². The number of hydrogen-bond donors (Lipinski definition) is 0. The zero-order valence-corrected chi connectivity index (χ0v) is 18.0. The molecule has 9 heteroatoms. The van der Waals surface area contributed by atoms with E-state index in [2.05, 4.69) is 5.10 Å². The van der Waals surface area contributed by atoms with Gasteiger partial charge < -0.3 is 0 Å². The largest absolute Gasteiger partial charge is 0.283 e. The smallest absolute Gasteiger partial charge is 0.258 e. The van der Waals surface area contributed by atoms with Crippen LogP contribution in [0.4, 0.5) is 5.69 Å². The van der Waals surface area contributed by atoms with Crippen LogP contribution in [0, 0.1) is 17.0 Å². The van der Waals surface area contributed by atoms with E-state index in [0.717, 1.165) is 15.0 Å². The molecule has 0 spiro atoms. The summed E-state index contributed by atoms with van der Waals surface area (Å²) in [7, 11) is -4.18. The summed E-state index contributed by atoms with van der Waals surface area (Å²) >= 11 is 1.42. The molecule has 31 heavy (non-hydrogen) atoms. The number of hydrogen-bond acceptors (Lipinski definition) is 6. The fourth-order valence-electron chi connectivity index (χ4n) is 3.09. The highest BCUT2D eigenvalue weighted by molar-refractivity contribution is 7.99. The number of nitro benzene ring substituents is 1. The first-order valence-corrected chi connectivity index (χ1v) is 11.5. The van der Waals surface area contributed by atoms with Gasteiger partial charge in [-0.1, -0.05) is 66.4 Å². The maximum Gasteiger partial charge on any atom is 0.283 e. The van der Waals surface area contributed by atoms with Gasteiger partial charge in [0.15, 0.2) is 0 Å². The minimum absolute atomic E-state index is 0.197. The first kappa shape index (κ1) is 20.8. The average Bonchev–Trinajstić information content (AvgIpc) is 3.12. The van der Waals surface area contributed by atoms with Gasteiger partial charge in [-0.3, -0.25) is 10.1 Å². The fraction of sp³-hybridized carbons (Fsp3) is 0.0455. The number of non-ortho nitro benzene ring substituents is 1. The van der Waals surface area contributed by atoms with E-state index in [9.17, 15) is 18.5 Å². The van der Waals surface area contributed by atoms with Crippen LogP contribution >= 0.6 is 11.8 Å². The summed E-state index contributed by atoms with van der Waals surface area (Å²) in [6, 6.07) is 23.7. The van der Waals surface area contributed by atoms with Gasteiger partial charge in [-0.2, -0.15) is 17.6 Å². The highest BCUT2D eigenvalue weighted by atomic mass is 32.2. The van der Waals surface area contributed by atoms with Crippen molar-refractivity contribution < 1.29 is 13.3 Å². The van der Waals surface area contributed by atoms with Crippen molar-refractivity contribution in [1.82, 2.24) is 9.19 Å². The third kappa shape index (κ3) is 4.10. The summed E-state index contributed by atoms with van der Waals surface area (Å²) in [5.41, 5.74) is 1.33. The predicted octanol–water partition coefficient (Wildman–Crippen LogP) is 5.15. The molecule has 0 atom stereocenters. The molecule has 7 nitrogen and oxygen atoms in total. The molecule has 0 amide bonds. The van der Waals surface area contributed by atoms with Crippen molar-refractivity contribution in [2.24, 2.45) is 0 Å². The second kappa shape index (κ2) is 8.37. The SMILES string of the molecule is Cc1nn(S(=O)(=O)c2cccc([N+](=O)[O-])c2)c(-c2ccccc2)c1Sc1ccccc1. The Balaban J connectivity index is 1.93. The first-order chi connectivity index (χ1) is 14.9. The van der Waals surface area contributed by atoms with Gasteiger partial charge in [0.25, 0.3) is 15.7 Å². The van der Waals surface area contributed by atoms with Crippen LogP contribution in [0.5, 0.6) is 0 Å². The number of rotatable bonds is 6. The highest BCUT2D eigenvalue weighted by Gasteiger charge is 2.28. The Morgan fingerprint density at radius 1 is 0.935 bits per heavy atom. The molecule has 0 saturated heterocycles. The van der Waals surface area contributed by atoms with Crippen molar-refractivity contribution in [3.05, 3.63) is 101 Å². The quantitative estimate of drug-likeness (QED) is 0.297. The second-order valence-electron chi connectivity index (χ2n) is 6.65.